The highest BCUT2D eigenvalue weighted by Crippen LogP contribution is 2.38. The molecule has 0 bridgehead atoms. The van der Waals surface area contributed by atoms with E-state index in [1.807, 2.05) is 30.3 Å². The number of carbonyl (C=O) groups excluding carboxylic acids is 3. The van der Waals surface area contributed by atoms with Crippen LogP contribution in [0.1, 0.15) is 31.0 Å². The number of anilines is 1. The van der Waals surface area contributed by atoms with Crippen molar-refractivity contribution in [2.45, 2.75) is 26.5 Å². The second-order valence-corrected chi connectivity index (χ2v) is 8.99. The van der Waals surface area contributed by atoms with E-state index in [-0.39, 0.29) is 18.7 Å². The van der Waals surface area contributed by atoms with Gasteiger partial charge in [0.15, 0.2) is 0 Å². The number of para-hydroxylation sites is 2. The molecule has 0 radical (unpaired) electrons. The Labute approximate surface area is 226 Å². The number of amides is 4. The van der Waals surface area contributed by atoms with Crippen LogP contribution in [0.15, 0.2) is 90.1 Å². The van der Waals surface area contributed by atoms with E-state index >= 15 is 0 Å². The minimum atomic E-state index is -1.08. The van der Waals surface area contributed by atoms with Gasteiger partial charge in [-0.25, -0.2) is 19.3 Å². The topological polar surface area (TPSA) is 88.2 Å². The number of nitrogens with one attached hydrogen (secondary N) is 1. The van der Waals surface area contributed by atoms with Crippen molar-refractivity contribution >= 4 is 35.3 Å². The molecule has 9 heteroatoms. The van der Waals surface area contributed by atoms with Gasteiger partial charge in [-0.1, -0.05) is 66.2 Å². The van der Waals surface area contributed by atoms with Crippen molar-refractivity contribution in [2.75, 3.05) is 18.6 Å². The average molecular weight is 534 g/mol. The normalized spacial score (nSPS) is 15.1. The summed E-state index contributed by atoms with van der Waals surface area (Å²) in [5, 5.41) is 3.06. The number of ether oxygens (including phenoxy) is 2. The lowest BCUT2D eigenvalue weighted by Gasteiger charge is -2.39. The van der Waals surface area contributed by atoms with Crippen LogP contribution in [0.2, 0.25) is 5.02 Å². The van der Waals surface area contributed by atoms with Gasteiger partial charge in [-0.15, -0.1) is 0 Å². The number of allylic oxidation sites excluding steroid dienone is 1. The molecule has 4 rings (SSSR count). The first kappa shape index (κ1) is 26.8. The molecule has 1 atom stereocenters. The first-order valence-corrected chi connectivity index (χ1v) is 12.5. The van der Waals surface area contributed by atoms with E-state index in [0.29, 0.717) is 27.7 Å². The fraction of sp³-hybridized carbons (Fsp3) is 0.207. The van der Waals surface area contributed by atoms with Crippen LogP contribution in [0.25, 0.3) is 0 Å². The van der Waals surface area contributed by atoms with Crippen molar-refractivity contribution in [3.8, 4) is 5.75 Å². The van der Waals surface area contributed by atoms with Gasteiger partial charge < -0.3 is 14.8 Å². The van der Waals surface area contributed by atoms with Gasteiger partial charge >= 0.3 is 18.0 Å². The number of hydrogen-bond acceptors (Lipinski definition) is 5. The largest absolute Gasteiger partial charge is 0.495 e. The summed E-state index contributed by atoms with van der Waals surface area (Å²) < 4.78 is 11.1. The molecule has 1 heterocycles. The predicted molar refractivity (Wildman–Crippen MR) is 145 cm³/mol. The third kappa shape index (κ3) is 5.50. The molecule has 0 saturated carbocycles. The van der Waals surface area contributed by atoms with E-state index in [1.54, 1.807) is 62.4 Å². The lowest BCUT2D eigenvalue weighted by atomic mass is 9.94. The predicted octanol–water partition coefficient (Wildman–Crippen LogP) is 6.08. The van der Waals surface area contributed by atoms with Crippen LogP contribution >= 0.6 is 11.6 Å². The van der Waals surface area contributed by atoms with Gasteiger partial charge in [0.05, 0.1) is 18.4 Å². The van der Waals surface area contributed by atoms with Crippen molar-refractivity contribution in [1.29, 1.82) is 0 Å². The Morgan fingerprint density at radius 2 is 1.74 bits per heavy atom. The number of esters is 1. The second-order valence-electron chi connectivity index (χ2n) is 8.56. The Morgan fingerprint density at radius 1 is 1.03 bits per heavy atom. The van der Waals surface area contributed by atoms with Crippen molar-refractivity contribution in [2.24, 2.45) is 0 Å². The summed E-state index contributed by atoms with van der Waals surface area (Å²) in [5.74, 6) is -0.192. The molecule has 1 aliphatic rings. The quantitative estimate of drug-likeness (QED) is 0.372. The Balaban J connectivity index is 1.77. The molecule has 0 aromatic heterocycles. The molecule has 0 fully saturated rings. The third-order valence-corrected chi connectivity index (χ3v) is 6.41. The van der Waals surface area contributed by atoms with Gasteiger partial charge in [-0.2, -0.15) is 0 Å². The molecule has 196 valence electrons. The number of hydrogen-bond donors (Lipinski definition) is 1. The summed E-state index contributed by atoms with van der Waals surface area (Å²) in [5.41, 5.74) is 2.21. The maximum atomic E-state index is 14.1. The molecule has 1 aliphatic heterocycles. The molecular formula is C29H28ClN3O5. The zero-order valence-corrected chi connectivity index (χ0v) is 22.1. The first-order chi connectivity index (χ1) is 18.3. The van der Waals surface area contributed by atoms with E-state index in [9.17, 15) is 14.4 Å². The minimum Gasteiger partial charge on any atom is -0.495 e. The van der Waals surface area contributed by atoms with Crippen LogP contribution in [0, 0.1) is 0 Å². The molecule has 1 N–H and O–H groups in total. The zero-order chi connectivity index (χ0) is 27.2. The summed E-state index contributed by atoms with van der Waals surface area (Å²) >= 11 is 6.29. The maximum Gasteiger partial charge on any atom is 0.338 e. The second kappa shape index (κ2) is 11.8. The molecule has 0 spiro atoms. The fourth-order valence-electron chi connectivity index (χ4n) is 4.39. The van der Waals surface area contributed by atoms with Crippen LogP contribution in [0.3, 0.4) is 0 Å². The summed E-state index contributed by atoms with van der Waals surface area (Å²) in [6, 6.07) is 20.6. The lowest BCUT2D eigenvalue weighted by Crippen LogP contribution is -2.55. The number of imide groups is 1. The smallest absolute Gasteiger partial charge is 0.338 e. The number of rotatable bonds is 7. The van der Waals surface area contributed by atoms with Gasteiger partial charge in [-0.3, -0.25) is 4.90 Å². The molecule has 1 unspecified atom stereocenters. The molecule has 3 aromatic rings. The molecule has 8 nitrogen and oxygen atoms in total. The summed E-state index contributed by atoms with van der Waals surface area (Å²) in [4.78, 5) is 43.4. The molecule has 0 saturated heterocycles. The zero-order valence-electron chi connectivity index (χ0n) is 21.3. The van der Waals surface area contributed by atoms with Crippen LogP contribution in [-0.4, -0.2) is 36.6 Å². The Bertz CT molecular complexity index is 1380. The summed E-state index contributed by atoms with van der Waals surface area (Å²) in [6.45, 7) is 3.66. The highest BCUT2D eigenvalue weighted by molar-refractivity contribution is 6.30. The Hall–Kier alpha value is -4.30. The SMILES string of the molecule is CCN(C(=O)N1C(=O)NC(C)=C(C(=O)OCc2ccccc2)C1c1cccc(Cl)c1)c1ccccc1OC. The lowest BCUT2D eigenvalue weighted by molar-refractivity contribution is -0.141. The van der Waals surface area contributed by atoms with Crippen molar-refractivity contribution in [1.82, 2.24) is 10.2 Å². The summed E-state index contributed by atoms with van der Waals surface area (Å²) in [7, 11) is 1.51. The highest BCUT2D eigenvalue weighted by Gasteiger charge is 2.44. The standard InChI is InChI=1S/C29H28ClN3O5/c1-4-32(23-15-8-9-16-24(23)37-3)29(36)33-26(21-13-10-14-22(30)17-21)25(19(2)31-28(33)35)27(34)38-18-20-11-6-5-7-12-20/h5-17,26H,4,18H2,1-3H3,(H,31,35). The molecule has 0 aliphatic carbocycles. The number of benzene rings is 3. The van der Waals surface area contributed by atoms with E-state index in [1.165, 1.54) is 12.0 Å². The molecular weight excluding hydrogens is 506 g/mol. The highest BCUT2D eigenvalue weighted by atomic mass is 35.5. The van der Waals surface area contributed by atoms with E-state index in [4.69, 9.17) is 21.1 Å². The van der Waals surface area contributed by atoms with Crippen LogP contribution in [-0.2, 0) is 16.1 Å². The number of nitrogens with zero attached hydrogens (tertiary/aromatic N) is 2. The Kier molecular flexibility index (Phi) is 8.33. The van der Waals surface area contributed by atoms with Gasteiger partial charge in [-0.05, 0) is 49.2 Å². The number of carbonyl (C=O) groups is 3. The van der Waals surface area contributed by atoms with Crippen LogP contribution in [0.4, 0.5) is 15.3 Å². The first-order valence-electron chi connectivity index (χ1n) is 12.1. The molecule has 4 amide bonds. The average Bonchev–Trinajstić information content (AvgIpc) is 2.92. The number of methoxy groups -OCH3 is 1. The Morgan fingerprint density at radius 3 is 2.42 bits per heavy atom. The van der Waals surface area contributed by atoms with Gasteiger partial charge in [0.1, 0.15) is 18.4 Å². The number of halogens is 1. The maximum absolute atomic E-state index is 14.1. The van der Waals surface area contributed by atoms with Gasteiger partial charge in [0.25, 0.3) is 0 Å². The summed E-state index contributed by atoms with van der Waals surface area (Å²) in [6.07, 6.45) is 0. The van der Waals surface area contributed by atoms with Gasteiger partial charge in [0.2, 0.25) is 0 Å². The van der Waals surface area contributed by atoms with E-state index in [2.05, 4.69) is 5.32 Å². The van der Waals surface area contributed by atoms with Crippen molar-refractivity contribution in [3.63, 3.8) is 0 Å². The minimum absolute atomic E-state index is 0.0307. The van der Waals surface area contributed by atoms with Crippen molar-refractivity contribution in [3.05, 3.63) is 106 Å². The van der Waals surface area contributed by atoms with Crippen LogP contribution < -0.4 is 15.0 Å². The fourth-order valence-corrected chi connectivity index (χ4v) is 4.58. The van der Waals surface area contributed by atoms with Crippen molar-refractivity contribution < 1.29 is 23.9 Å². The van der Waals surface area contributed by atoms with E-state index in [0.717, 1.165) is 10.5 Å². The third-order valence-electron chi connectivity index (χ3n) is 6.18. The van der Waals surface area contributed by atoms with E-state index < -0.39 is 24.1 Å². The van der Waals surface area contributed by atoms with Gasteiger partial charge in [0, 0.05) is 17.3 Å². The molecule has 38 heavy (non-hydrogen) atoms. The monoisotopic (exact) mass is 533 g/mol. The molecule has 3 aromatic carbocycles. The number of urea groups is 2. The van der Waals surface area contributed by atoms with Crippen LogP contribution in [0.5, 0.6) is 5.75 Å².